The predicted molar refractivity (Wildman–Crippen MR) is 72.2 cm³/mol. The van der Waals surface area contributed by atoms with Crippen LogP contribution in [0.3, 0.4) is 0 Å². The van der Waals surface area contributed by atoms with Gasteiger partial charge in [-0.2, -0.15) is 0 Å². The lowest BCUT2D eigenvalue weighted by Crippen LogP contribution is -2.14. The van der Waals surface area contributed by atoms with Crippen LogP contribution in [0.2, 0.25) is 0 Å². The molecule has 0 saturated carbocycles. The van der Waals surface area contributed by atoms with E-state index >= 15 is 0 Å². The zero-order chi connectivity index (χ0) is 14.1. The molecule has 0 unspecified atom stereocenters. The van der Waals surface area contributed by atoms with Crippen LogP contribution in [-0.4, -0.2) is 37.2 Å². The second-order valence-electron chi connectivity index (χ2n) is 3.81. The molecular formula is C12H18N2O4S. The lowest BCUT2D eigenvalue weighted by atomic mass is 10.3. The summed E-state index contributed by atoms with van der Waals surface area (Å²) in [6.45, 7) is 3.08. The van der Waals surface area contributed by atoms with Crippen molar-refractivity contribution < 1.29 is 19.1 Å². The minimum absolute atomic E-state index is 0.114. The van der Waals surface area contributed by atoms with E-state index in [1.807, 2.05) is 6.92 Å². The highest BCUT2D eigenvalue weighted by Crippen LogP contribution is 2.16. The molecule has 1 amide bonds. The first-order chi connectivity index (χ1) is 9.15. The van der Waals surface area contributed by atoms with E-state index in [9.17, 15) is 9.59 Å². The Morgan fingerprint density at radius 2 is 2.21 bits per heavy atom. The number of ether oxygens (including phenoxy) is 2. The molecule has 0 aromatic carbocycles. The van der Waals surface area contributed by atoms with Crippen molar-refractivity contribution in [2.24, 2.45) is 0 Å². The van der Waals surface area contributed by atoms with Crippen molar-refractivity contribution in [1.82, 2.24) is 4.98 Å². The van der Waals surface area contributed by atoms with Crippen LogP contribution in [0.4, 0.5) is 5.13 Å². The Morgan fingerprint density at radius 3 is 2.89 bits per heavy atom. The number of methoxy groups -OCH3 is 1. The molecule has 0 aliphatic rings. The number of nitrogens with zero attached hydrogens (tertiary/aromatic N) is 1. The van der Waals surface area contributed by atoms with Crippen LogP contribution >= 0.6 is 11.3 Å². The molecule has 1 aromatic heterocycles. The van der Waals surface area contributed by atoms with Gasteiger partial charge in [0.25, 0.3) is 0 Å². The number of thiazole rings is 1. The van der Waals surface area contributed by atoms with Crippen LogP contribution in [-0.2, 0) is 25.5 Å². The van der Waals surface area contributed by atoms with Gasteiger partial charge in [0, 0.05) is 12.0 Å². The monoisotopic (exact) mass is 286 g/mol. The van der Waals surface area contributed by atoms with Crippen molar-refractivity contribution >= 4 is 28.3 Å². The second-order valence-corrected chi connectivity index (χ2v) is 4.67. The maximum absolute atomic E-state index is 11.5. The Hall–Kier alpha value is -1.47. The Balaban J connectivity index is 2.32. The molecule has 106 valence electrons. The van der Waals surface area contributed by atoms with Crippen LogP contribution in [0.25, 0.3) is 0 Å². The first-order valence-electron chi connectivity index (χ1n) is 6.04. The summed E-state index contributed by atoms with van der Waals surface area (Å²) in [6.07, 6.45) is 1.35. The summed E-state index contributed by atoms with van der Waals surface area (Å²) >= 11 is 1.28. The van der Waals surface area contributed by atoms with Gasteiger partial charge in [0.05, 0.1) is 32.3 Å². The van der Waals surface area contributed by atoms with Gasteiger partial charge in [0.1, 0.15) is 0 Å². The molecule has 0 aliphatic carbocycles. The number of hydrogen-bond donors (Lipinski definition) is 1. The highest BCUT2D eigenvalue weighted by molar-refractivity contribution is 7.13. The van der Waals surface area contributed by atoms with Crippen molar-refractivity contribution in [1.29, 1.82) is 0 Å². The van der Waals surface area contributed by atoms with E-state index in [0.29, 0.717) is 30.5 Å². The Morgan fingerprint density at radius 1 is 1.42 bits per heavy atom. The maximum Gasteiger partial charge on any atom is 0.311 e. The molecule has 19 heavy (non-hydrogen) atoms. The van der Waals surface area contributed by atoms with Crippen LogP contribution in [0.1, 0.15) is 25.5 Å². The second kappa shape index (κ2) is 8.60. The number of rotatable bonds is 8. The SMILES string of the molecule is CCCOCCC(=O)Nc1nc(CC(=O)OC)cs1. The standard InChI is InChI=1S/C12H18N2O4S/c1-3-5-18-6-4-10(15)14-12-13-9(8-19-12)7-11(16)17-2/h8H,3-7H2,1-2H3,(H,13,14,15). The molecular weight excluding hydrogens is 268 g/mol. The number of anilines is 1. The summed E-state index contributed by atoms with van der Waals surface area (Å²) in [6, 6.07) is 0. The number of carbonyl (C=O) groups excluding carboxylic acids is 2. The molecule has 0 atom stereocenters. The topological polar surface area (TPSA) is 77.5 Å². The van der Waals surface area contributed by atoms with Gasteiger partial charge in [-0.15, -0.1) is 11.3 Å². The normalized spacial score (nSPS) is 10.2. The van der Waals surface area contributed by atoms with Gasteiger partial charge in [0.15, 0.2) is 5.13 Å². The molecule has 0 bridgehead atoms. The van der Waals surface area contributed by atoms with E-state index in [1.165, 1.54) is 18.4 Å². The van der Waals surface area contributed by atoms with E-state index in [1.54, 1.807) is 5.38 Å². The van der Waals surface area contributed by atoms with E-state index in [0.717, 1.165) is 6.42 Å². The molecule has 0 aliphatic heterocycles. The van der Waals surface area contributed by atoms with E-state index in [2.05, 4.69) is 15.0 Å². The van der Waals surface area contributed by atoms with Gasteiger partial charge in [-0.1, -0.05) is 6.92 Å². The number of nitrogens with one attached hydrogen (secondary N) is 1. The number of amides is 1. The van der Waals surface area contributed by atoms with Gasteiger partial charge in [-0.3, -0.25) is 9.59 Å². The number of esters is 1. The van der Waals surface area contributed by atoms with Crippen LogP contribution in [0.15, 0.2) is 5.38 Å². The van der Waals surface area contributed by atoms with E-state index in [4.69, 9.17) is 4.74 Å². The zero-order valence-electron chi connectivity index (χ0n) is 11.1. The summed E-state index contributed by atoms with van der Waals surface area (Å²) in [5.41, 5.74) is 0.592. The smallest absolute Gasteiger partial charge is 0.311 e. The molecule has 0 radical (unpaired) electrons. The molecule has 6 nitrogen and oxygen atoms in total. The highest BCUT2D eigenvalue weighted by atomic mass is 32.1. The lowest BCUT2D eigenvalue weighted by molar-refractivity contribution is -0.139. The summed E-state index contributed by atoms with van der Waals surface area (Å²) < 4.78 is 9.77. The van der Waals surface area contributed by atoms with Crippen LogP contribution in [0, 0.1) is 0 Å². The third-order valence-electron chi connectivity index (χ3n) is 2.17. The molecule has 1 aromatic rings. The third kappa shape index (κ3) is 6.30. The van der Waals surface area contributed by atoms with Crippen molar-refractivity contribution in [3.63, 3.8) is 0 Å². The first kappa shape index (κ1) is 15.6. The number of hydrogen-bond acceptors (Lipinski definition) is 6. The van der Waals surface area contributed by atoms with Crippen molar-refractivity contribution in [3.8, 4) is 0 Å². The third-order valence-corrected chi connectivity index (χ3v) is 2.98. The quantitative estimate of drug-likeness (QED) is 0.580. The molecule has 0 spiro atoms. The summed E-state index contributed by atoms with van der Waals surface area (Å²) in [4.78, 5) is 26.7. The van der Waals surface area contributed by atoms with Crippen molar-refractivity contribution in [3.05, 3.63) is 11.1 Å². The Bertz CT molecular complexity index is 420. The summed E-state index contributed by atoms with van der Waals surface area (Å²) in [5, 5.41) is 4.87. The molecule has 0 fully saturated rings. The minimum Gasteiger partial charge on any atom is -0.469 e. The van der Waals surface area contributed by atoms with E-state index in [-0.39, 0.29) is 18.3 Å². The van der Waals surface area contributed by atoms with Crippen molar-refractivity contribution in [2.75, 3.05) is 25.6 Å². The molecule has 1 N–H and O–H groups in total. The lowest BCUT2D eigenvalue weighted by Gasteiger charge is -2.02. The van der Waals surface area contributed by atoms with Crippen molar-refractivity contribution in [2.45, 2.75) is 26.2 Å². The largest absolute Gasteiger partial charge is 0.469 e. The van der Waals surface area contributed by atoms with E-state index < -0.39 is 0 Å². The molecule has 0 saturated heterocycles. The van der Waals surface area contributed by atoms with Crippen LogP contribution < -0.4 is 5.32 Å². The van der Waals surface area contributed by atoms with Gasteiger partial charge in [-0.25, -0.2) is 4.98 Å². The first-order valence-corrected chi connectivity index (χ1v) is 6.92. The van der Waals surface area contributed by atoms with Crippen LogP contribution in [0.5, 0.6) is 0 Å². The average Bonchev–Trinajstić information content (AvgIpc) is 2.81. The maximum atomic E-state index is 11.5. The fourth-order valence-electron chi connectivity index (χ4n) is 1.26. The fraction of sp³-hybridized carbons (Fsp3) is 0.583. The highest BCUT2D eigenvalue weighted by Gasteiger charge is 2.09. The number of aromatic nitrogens is 1. The van der Waals surface area contributed by atoms with Gasteiger partial charge in [-0.05, 0) is 6.42 Å². The summed E-state index contributed by atoms with van der Waals surface area (Å²) in [7, 11) is 1.33. The molecule has 7 heteroatoms. The zero-order valence-corrected chi connectivity index (χ0v) is 11.9. The average molecular weight is 286 g/mol. The Kier molecular flexibility index (Phi) is 7.06. The fourth-order valence-corrected chi connectivity index (χ4v) is 1.99. The Labute approximate surface area is 116 Å². The molecule has 1 rings (SSSR count). The van der Waals surface area contributed by atoms with Gasteiger partial charge < -0.3 is 14.8 Å². The van der Waals surface area contributed by atoms with Gasteiger partial charge in [0.2, 0.25) is 5.91 Å². The molecule has 1 heterocycles. The van der Waals surface area contributed by atoms with Gasteiger partial charge >= 0.3 is 5.97 Å². The minimum atomic E-state index is -0.351. The summed E-state index contributed by atoms with van der Waals surface area (Å²) in [5.74, 6) is -0.494. The predicted octanol–water partition coefficient (Wildman–Crippen LogP) is 1.61. The number of carbonyl (C=O) groups is 2.